The number of rotatable bonds is 5. The molecular weight excluding hydrogens is 382 g/mol. The summed E-state index contributed by atoms with van der Waals surface area (Å²) >= 11 is 0. The Labute approximate surface area is 183 Å². The van der Waals surface area contributed by atoms with Gasteiger partial charge in [-0.15, -0.1) is 0 Å². The minimum Gasteiger partial charge on any atom is -0.291 e. The number of piperidine rings is 1. The minimum absolute atomic E-state index is 0.178. The summed E-state index contributed by atoms with van der Waals surface area (Å²) in [6, 6.07) is 27.4. The largest absolute Gasteiger partial charge is 0.291 e. The second kappa shape index (κ2) is 8.82. The Morgan fingerprint density at radius 3 is 2.19 bits per heavy atom. The maximum absolute atomic E-state index is 4.82. The predicted octanol–water partition coefficient (Wildman–Crippen LogP) is 4.94. The number of nitrogens with zero attached hydrogens (tertiary/aromatic N) is 5. The fraction of sp³-hybridized carbons (Fsp3) is 0.269. The van der Waals surface area contributed by atoms with Gasteiger partial charge in [0.2, 0.25) is 0 Å². The number of hydrogen-bond acceptors (Lipinski definition) is 4. The van der Waals surface area contributed by atoms with Crippen LogP contribution in [0.3, 0.4) is 0 Å². The molecule has 0 aliphatic carbocycles. The quantitative estimate of drug-likeness (QED) is 0.468. The summed E-state index contributed by atoms with van der Waals surface area (Å²) in [5.74, 6) is 2.31. The first-order chi connectivity index (χ1) is 15.3. The first-order valence-electron chi connectivity index (χ1n) is 11.0. The number of hydrogen-bond donors (Lipinski definition) is 0. The van der Waals surface area contributed by atoms with Crippen LogP contribution in [0.15, 0.2) is 85.1 Å². The maximum atomic E-state index is 4.82. The van der Waals surface area contributed by atoms with E-state index < -0.39 is 0 Å². The zero-order valence-corrected chi connectivity index (χ0v) is 17.8. The fourth-order valence-corrected chi connectivity index (χ4v) is 4.61. The molecule has 3 heterocycles. The third-order valence-corrected chi connectivity index (χ3v) is 6.08. The molecule has 1 atom stereocenters. The Morgan fingerprint density at radius 2 is 1.52 bits per heavy atom. The lowest BCUT2D eigenvalue weighted by atomic mass is 9.92. The monoisotopic (exact) mass is 409 g/mol. The van der Waals surface area contributed by atoms with Crippen LogP contribution in [-0.4, -0.2) is 37.7 Å². The van der Waals surface area contributed by atoms with Crippen molar-refractivity contribution in [3.05, 3.63) is 108 Å². The Morgan fingerprint density at radius 1 is 0.839 bits per heavy atom. The molecule has 1 saturated heterocycles. The summed E-state index contributed by atoms with van der Waals surface area (Å²) in [4.78, 5) is 12.1. The van der Waals surface area contributed by atoms with Crippen LogP contribution in [0.5, 0.6) is 0 Å². The second-order valence-corrected chi connectivity index (χ2v) is 8.14. The molecule has 0 radical (unpaired) electrons. The van der Waals surface area contributed by atoms with Crippen LogP contribution in [-0.2, 0) is 0 Å². The SMILES string of the molecule is Cc1nc(C2CCN(C(c3ccccc3)c3ccccn3)CC2)n(-c2ccccc2)n1. The van der Waals surface area contributed by atoms with Gasteiger partial charge in [0.05, 0.1) is 17.4 Å². The summed E-state index contributed by atoms with van der Waals surface area (Å²) in [5, 5.41) is 4.69. The first kappa shape index (κ1) is 19.6. The van der Waals surface area contributed by atoms with Gasteiger partial charge < -0.3 is 0 Å². The van der Waals surface area contributed by atoms with Gasteiger partial charge in [-0.3, -0.25) is 9.88 Å². The highest BCUT2D eigenvalue weighted by Crippen LogP contribution is 2.35. The second-order valence-electron chi connectivity index (χ2n) is 8.14. The van der Waals surface area contributed by atoms with Gasteiger partial charge in [0.1, 0.15) is 11.6 Å². The van der Waals surface area contributed by atoms with Gasteiger partial charge in [0.25, 0.3) is 0 Å². The third kappa shape index (κ3) is 4.14. The minimum atomic E-state index is 0.178. The Bertz CT molecular complexity index is 1060. The number of pyridine rings is 1. The molecule has 1 aliphatic heterocycles. The summed E-state index contributed by atoms with van der Waals surface area (Å²) in [7, 11) is 0. The van der Waals surface area contributed by atoms with E-state index in [9.17, 15) is 0 Å². The van der Waals surface area contributed by atoms with Gasteiger partial charge in [-0.2, -0.15) is 5.10 Å². The van der Waals surface area contributed by atoms with E-state index in [0.29, 0.717) is 5.92 Å². The summed E-state index contributed by atoms with van der Waals surface area (Å²) in [6.45, 7) is 3.98. The van der Waals surface area contributed by atoms with Crippen molar-refractivity contribution in [3.63, 3.8) is 0 Å². The van der Waals surface area contributed by atoms with Crippen molar-refractivity contribution in [1.29, 1.82) is 0 Å². The molecule has 4 aromatic rings. The molecule has 5 heteroatoms. The molecule has 0 saturated carbocycles. The van der Waals surface area contributed by atoms with Crippen LogP contribution in [0.2, 0.25) is 0 Å². The van der Waals surface area contributed by atoms with Crippen LogP contribution in [0, 0.1) is 6.92 Å². The molecule has 156 valence electrons. The summed E-state index contributed by atoms with van der Waals surface area (Å²) in [6.07, 6.45) is 4.01. The van der Waals surface area contributed by atoms with Crippen molar-refractivity contribution < 1.29 is 0 Å². The van der Waals surface area contributed by atoms with E-state index >= 15 is 0 Å². The lowest BCUT2D eigenvalue weighted by molar-refractivity contribution is 0.168. The van der Waals surface area contributed by atoms with E-state index in [2.05, 4.69) is 76.7 Å². The van der Waals surface area contributed by atoms with Gasteiger partial charge in [0.15, 0.2) is 0 Å². The van der Waals surface area contributed by atoms with Crippen molar-refractivity contribution in [2.24, 2.45) is 0 Å². The molecule has 2 aromatic carbocycles. The molecule has 1 unspecified atom stereocenters. The molecule has 0 spiro atoms. The highest BCUT2D eigenvalue weighted by atomic mass is 15.4. The number of para-hydroxylation sites is 1. The Kier molecular flexibility index (Phi) is 5.59. The van der Waals surface area contributed by atoms with Crippen LogP contribution in [0.4, 0.5) is 0 Å². The zero-order chi connectivity index (χ0) is 21.0. The van der Waals surface area contributed by atoms with Crippen molar-refractivity contribution in [2.75, 3.05) is 13.1 Å². The highest BCUT2D eigenvalue weighted by molar-refractivity contribution is 5.32. The molecule has 2 aromatic heterocycles. The molecule has 31 heavy (non-hydrogen) atoms. The van der Waals surface area contributed by atoms with E-state index in [-0.39, 0.29) is 6.04 Å². The van der Waals surface area contributed by atoms with Gasteiger partial charge in [-0.05, 0) is 62.7 Å². The average Bonchev–Trinajstić information content (AvgIpc) is 3.23. The van der Waals surface area contributed by atoms with E-state index in [1.165, 1.54) is 5.56 Å². The van der Waals surface area contributed by atoms with Crippen molar-refractivity contribution in [3.8, 4) is 5.69 Å². The standard InChI is InChI=1S/C26H27N5/c1-20-28-26(31(29-20)23-12-6-3-7-13-23)22-15-18-30(19-16-22)25(21-10-4-2-5-11-21)24-14-8-9-17-27-24/h2-14,17,22,25H,15-16,18-19H2,1H3. The van der Waals surface area contributed by atoms with Crippen LogP contribution in [0.1, 0.15) is 47.7 Å². The van der Waals surface area contributed by atoms with E-state index in [1.807, 2.05) is 29.9 Å². The van der Waals surface area contributed by atoms with Gasteiger partial charge in [-0.25, -0.2) is 9.67 Å². The number of aromatic nitrogens is 4. The lowest BCUT2D eigenvalue weighted by Gasteiger charge is -2.37. The molecule has 5 rings (SSSR count). The van der Waals surface area contributed by atoms with Gasteiger partial charge in [-0.1, -0.05) is 54.6 Å². The number of benzene rings is 2. The van der Waals surface area contributed by atoms with Gasteiger partial charge >= 0.3 is 0 Å². The first-order valence-corrected chi connectivity index (χ1v) is 11.0. The molecule has 0 N–H and O–H groups in total. The van der Waals surface area contributed by atoms with Crippen LogP contribution in [0.25, 0.3) is 5.69 Å². The third-order valence-electron chi connectivity index (χ3n) is 6.08. The molecule has 5 nitrogen and oxygen atoms in total. The van der Waals surface area contributed by atoms with Crippen molar-refractivity contribution in [1.82, 2.24) is 24.6 Å². The smallest absolute Gasteiger partial charge is 0.148 e. The molecule has 1 aliphatic rings. The topological polar surface area (TPSA) is 46.8 Å². The predicted molar refractivity (Wildman–Crippen MR) is 122 cm³/mol. The molecule has 0 amide bonds. The summed E-state index contributed by atoms with van der Waals surface area (Å²) < 4.78 is 2.03. The fourth-order valence-electron chi connectivity index (χ4n) is 4.61. The van der Waals surface area contributed by atoms with Gasteiger partial charge in [0, 0.05) is 12.1 Å². The number of likely N-dealkylation sites (tertiary alicyclic amines) is 1. The molecular formula is C26H27N5. The van der Waals surface area contributed by atoms with Crippen molar-refractivity contribution in [2.45, 2.75) is 31.7 Å². The molecule has 0 bridgehead atoms. The van der Waals surface area contributed by atoms with Crippen LogP contribution >= 0.6 is 0 Å². The lowest BCUT2D eigenvalue weighted by Crippen LogP contribution is -2.37. The van der Waals surface area contributed by atoms with Crippen LogP contribution < -0.4 is 0 Å². The summed E-state index contributed by atoms with van der Waals surface area (Å²) in [5.41, 5.74) is 3.48. The van der Waals surface area contributed by atoms with E-state index in [1.54, 1.807) is 0 Å². The Hall–Kier alpha value is -3.31. The molecule has 1 fully saturated rings. The highest BCUT2D eigenvalue weighted by Gasteiger charge is 2.31. The normalized spacial score (nSPS) is 16.3. The zero-order valence-electron chi connectivity index (χ0n) is 17.8. The maximum Gasteiger partial charge on any atom is 0.148 e. The average molecular weight is 410 g/mol. The Balaban J connectivity index is 1.39. The number of aryl methyl sites for hydroxylation is 1. The van der Waals surface area contributed by atoms with Crippen molar-refractivity contribution >= 4 is 0 Å². The van der Waals surface area contributed by atoms with E-state index in [0.717, 1.165) is 49.0 Å². The van der Waals surface area contributed by atoms with E-state index in [4.69, 9.17) is 9.97 Å².